The Morgan fingerprint density at radius 3 is 2.50 bits per heavy atom. The first-order valence-corrected chi connectivity index (χ1v) is 5.29. The van der Waals surface area contributed by atoms with Crippen molar-refractivity contribution in [2.75, 3.05) is 0 Å². The third-order valence-electron chi connectivity index (χ3n) is 2.58. The van der Waals surface area contributed by atoms with Gasteiger partial charge in [-0.1, -0.05) is 22.0 Å². The summed E-state index contributed by atoms with van der Waals surface area (Å²) < 4.78 is 5.96. The van der Waals surface area contributed by atoms with Gasteiger partial charge < -0.3 is 4.74 Å². The van der Waals surface area contributed by atoms with E-state index in [0.29, 0.717) is 4.83 Å². The molecule has 0 aromatic rings. The van der Waals surface area contributed by atoms with Crippen LogP contribution >= 0.6 is 15.9 Å². The van der Waals surface area contributed by atoms with Crippen LogP contribution in [0, 0.1) is 0 Å². The number of alkyl halides is 1. The van der Waals surface area contributed by atoms with Gasteiger partial charge in [0.05, 0.1) is 11.2 Å². The maximum atomic E-state index is 5.96. The Morgan fingerprint density at radius 2 is 2.08 bits per heavy atom. The van der Waals surface area contributed by atoms with Gasteiger partial charge in [0, 0.05) is 4.83 Å². The summed E-state index contributed by atoms with van der Waals surface area (Å²) in [6, 6.07) is 0. The Bertz CT molecular complexity index is 188. The van der Waals surface area contributed by atoms with E-state index in [-0.39, 0.29) is 11.2 Å². The minimum atomic E-state index is -0.131. The number of rotatable bonds is 1. The van der Waals surface area contributed by atoms with Crippen LogP contribution in [0.4, 0.5) is 0 Å². The fraction of sp³-hybridized carbons (Fsp3) is 0.800. The van der Waals surface area contributed by atoms with E-state index in [2.05, 4.69) is 43.3 Å². The number of hydrogen-bond acceptors (Lipinski definition) is 1. The average molecular weight is 233 g/mol. The Labute approximate surface area is 83.3 Å². The monoisotopic (exact) mass is 232 g/mol. The predicted molar refractivity (Wildman–Crippen MR) is 55.7 cm³/mol. The summed E-state index contributed by atoms with van der Waals surface area (Å²) in [7, 11) is 0. The molecule has 1 saturated heterocycles. The summed E-state index contributed by atoms with van der Waals surface area (Å²) in [5.41, 5.74) is -0.213. The molecule has 0 N–H and O–H groups in total. The second-order valence-electron chi connectivity index (χ2n) is 4.23. The van der Waals surface area contributed by atoms with Crippen molar-refractivity contribution >= 4 is 15.9 Å². The molecule has 0 radical (unpaired) electrons. The average Bonchev–Trinajstić information content (AvgIpc) is 1.97. The molecule has 1 aliphatic heterocycles. The summed E-state index contributed by atoms with van der Waals surface area (Å²) in [6.45, 7) is 10.1. The largest absolute Gasteiger partial charge is 0.364 e. The quantitative estimate of drug-likeness (QED) is 0.498. The lowest BCUT2D eigenvalue weighted by Crippen LogP contribution is -2.48. The second-order valence-corrected chi connectivity index (χ2v) is 5.33. The van der Waals surface area contributed by atoms with Crippen molar-refractivity contribution in [3.63, 3.8) is 0 Å². The van der Waals surface area contributed by atoms with Crippen LogP contribution in [0.15, 0.2) is 12.7 Å². The highest BCUT2D eigenvalue weighted by atomic mass is 79.9. The molecular weight excluding hydrogens is 216 g/mol. The minimum absolute atomic E-state index is 0.0822. The van der Waals surface area contributed by atoms with Gasteiger partial charge in [-0.3, -0.25) is 0 Å². The van der Waals surface area contributed by atoms with Gasteiger partial charge in [-0.15, -0.1) is 6.58 Å². The Hall–Kier alpha value is 0.180. The summed E-state index contributed by atoms with van der Waals surface area (Å²) in [5.74, 6) is 0. The van der Waals surface area contributed by atoms with Crippen LogP contribution in [-0.4, -0.2) is 16.0 Å². The van der Waals surface area contributed by atoms with Crippen LogP contribution in [0.25, 0.3) is 0 Å². The van der Waals surface area contributed by atoms with Gasteiger partial charge in [0.15, 0.2) is 0 Å². The number of hydrogen-bond donors (Lipinski definition) is 0. The molecule has 0 unspecified atom stereocenters. The Morgan fingerprint density at radius 1 is 1.50 bits per heavy atom. The van der Waals surface area contributed by atoms with Crippen molar-refractivity contribution in [3.05, 3.63) is 12.7 Å². The molecule has 0 aliphatic carbocycles. The molecule has 0 spiro atoms. The molecule has 0 aromatic heterocycles. The van der Waals surface area contributed by atoms with Crippen LogP contribution in [0.2, 0.25) is 0 Å². The lowest BCUT2D eigenvalue weighted by molar-refractivity contribution is -0.134. The third kappa shape index (κ3) is 1.91. The maximum Gasteiger partial charge on any atom is 0.0840 e. The summed E-state index contributed by atoms with van der Waals surface area (Å²) in [4.78, 5) is 0.457. The van der Waals surface area contributed by atoms with E-state index in [0.717, 1.165) is 12.8 Å². The standard InChI is InChI=1S/C10H17BrO/c1-5-10(4)7-6-8(11)9(2,3)12-10/h5,8H,1,6-7H2,2-4H3/t8-,10-/m1/s1. The fourth-order valence-corrected chi connectivity index (χ4v) is 1.94. The van der Waals surface area contributed by atoms with Crippen LogP contribution < -0.4 is 0 Å². The third-order valence-corrected chi connectivity index (χ3v) is 4.14. The molecule has 1 aliphatic rings. The number of ether oxygens (including phenoxy) is 1. The first-order valence-electron chi connectivity index (χ1n) is 4.37. The van der Waals surface area contributed by atoms with E-state index in [1.165, 1.54) is 0 Å². The van der Waals surface area contributed by atoms with Crippen LogP contribution in [0.3, 0.4) is 0 Å². The molecule has 2 atom stereocenters. The van der Waals surface area contributed by atoms with Crippen molar-refractivity contribution in [3.8, 4) is 0 Å². The summed E-state index contributed by atoms with van der Waals surface area (Å²) in [5, 5.41) is 0. The fourth-order valence-electron chi connectivity index (χ4n) is 1.62. The van der Waals surface area contributed by atoms with Crippen molar-refractivity contribution < 1.29 is 4.74 Å². The molecule has 0 bridgehead atoms. The topological polar surface area (TPSA) is 9.23 Å². The van der Waals surface area contributed by atoms with Crippen molar-refractivity contribution in [2.24, 2.45) is 0 Å². The normalized spacial score (nSPS) is 40.8. The van der Waals surface area contributed by atoms with E-state index in [4.69, 9.17) is 4.74 Å². The predicted octanol–water partition coefficient (Wildman–Crippen LogP) is 3.28. The smallest absolute Gasteiger partial charge is 0.0840 e. The van der Waals surface area contributed by atoms with Gasteiger partial charge in [0.25, 0.3) is 0 Å². The van der Waals surface area contributed by atoms with Gasteiger partial charge in [0.2, 0.25) is 0 Å². The lowest BCUT2D eigenvalue weighted by Gasteiger charge is -2.44. The van der Waals surface area contributed by atoms with Crippen LogP contribution in [-0.2, 0) is 4.74 Å². The van der Waals surface area contributed by atoms with E-state index in [1.807, 2.05) is 6.08 Å². The van der Waals surface area contributed by atoms with Gasteiger partial charge in [-0.05, 0) is 33.6 Å². The number of halogens is 1. The highest BCUT2D eigenvalue weighted by molar-refractivity contribution is 9.09. The van der Waals surface area contributed by atoms with Crippen molar-refractivity contribution in [2.45, 2.75) is 49.6 Å². The molecule has 0 amide bonds. The molecule has 1 fully saturated rings. The van der Waals surface area contributed by atoms with Gasteiger partial charge in [-0.2, -0.15) is 0 Å². The minimum Gasteiger partial charge on any atom is -0.364 e. The molecule has 1 heterocycles. The Balaban J connectivity index is 2.75. The molecule has 70 valence electrons. The van der Waals surface area contributed by atoms with Crippen molar-refractivity contribution in [1.29, 1.82) is 0 Å². The molecule has 1 nitrogen and oxygen atoms in total. The molecular formula is C10H17BrO. The van der Waals surface area contributed by atoms with Gasteiger partial charge in [-0.25, -0.2) is 0 Å². The SMILES string of the molecule is C=C[C@]1(C)CC[C@@H](Br)C(C)(C)O1. The molecule has 12 heavy (non-hydrogen) atoms. The molecule has 0 saturated carbocycles. The second kappa shape index (κ2) is 3.15. The highest BCUT2D eigenvalue weighted by Gasteiger charge is 2.40. The lowest BCUT2D eigenvalue weighted by atomic mass is 9.88. The van der Waals surface area contributed by atoms with E-state index in [1.54, 1.807) is 0 Å². The highest BCUT2D eigenvalue weighted by Crippen LogP contribution is 2.39. The van der Waals surface area contributed by atoms with Gasteiger partial charge in [0.1, 0.15) is 0 Å². The molecule has 2 heteroatoms. The van der Waals surface area contributed by atoms with E-state index < -0.39 is 0 Å². The molecule has 1 rings (SSSR count). The van der Waals surface area contributed by atoms with Gasteiger partial charge >= 0.3 is 0 Å². The van der Waals surface area contributed by atoms with E-state index >= 15 is 0 Å². The zero-order valence-electron chi connectivity index (χ0n) is 8.06. The zero-order valence-corrected chi connectivity index (χ0v) is 9.65. The van der Waals surface area contributed by atoms with Crippen molar-refractivity contribution in [1.82, 2.24) is 0 Å². The summed E-state index contributed by atoms with van der Waals surface area (Å²) >= 11 is 3.63. The zero-order chi connectivity index (χ0) is 9.41. The maximum absolute atomic E-state index is 5.96. The van der Waals surface area contributed by atoms with E-state index in [9.17, 15) is 0 Å². The van der Waals surface area contributed by atoms with Crippen LogP contribution in [0.1, 0.15) is 33.6 Å². The first-order chi connectivity index (χ1) is 5.40. The van der Waals surface area contributed by atoms with Crippen LogP contribution in [0.5, 0.6) is 0 Å². The first kappa shape index (κ1) is 10.3. The molecule has 0 aromatic carbocycles. The Kier molecular flexibility index (Phi) is 2.69. The summed E-state index contributed by atoms with van der Waals surface area (Å²) in [6.07, 6.45) is 4.11.